The summed E-state index contributed by atoms with van der Waals surface area (Å²) in [6.45, 7) is 2.00. The Morgan fingerprint density at radius 1 is 1.37 bits per heavy atom. The summed E-state index contributed by atoms with van der Waals surface area (Å²) < 4.78 is 1.96. The number of aryl methyl sites for hydroxylation is 1. The van der Waals surface area contributed by atoms with Gasteiger partial charge in [0, 0.05) is 10.9 Å². The van der Waals surface area contributed by atoms with Gasteiger partial charge in [-0.3, -0.25) is 4.79 Å². The third-order valence-corrected chi connectivity index (χ3v) is 4.55. The number of carbonyl (C=O) groups excluding carboxylic acids is 1. The summed E-state index contributed by atoms with van der Waals surface area (Å²) in [5.74, 6) is 0.765. The van der Waals surface area contributed by atoms with Gasteiger partial charge in [0.05, 0.1) is 17.1 Å². The zero-order chi connectivity index (χ0) is 13.2. The van der Waals surface area contributed by atoms with E-state index in [0.717, 1.165) is 28.4 Å². The Bertz CT molecular complexity index is 581. The van der Waals surface area contributed by atoms with E-state index in [4.69, 9.17) is 0 Å². The lowest BCUT2D eigenvalue weighted by molar-refractivity contribution is 0.102. The van der Waals surface area contributed by atoms with E-state index in [9.17, 15) is 4.79 Å². The predicted octanol–water partition coefficient (Wildman–Crippen LogP) is 3.62. The fourth-order valence-corrected chi connectivity index (χ4v) is 3.35. The molecule has 0 radical (unpaired) electrons. The van der Waals surface area contributed by atoms with Crippen molar-refractivity contribution in [2.24, 2.45) is 0 Å². The van der Waals surface area contributed by atoms with Gasteiger partial charge in [-0.25, -0.2) is 4.68 Å². The molecule has 1 amide bonds. The second-order valence-corrected chi connectivity index (χ2v) is 6.25. The molecule has 0 unspecified atom stereocenters. The van der Waals surface area contributed by atoms with E-state index in [2.05, 4.69) is 10.4 Å². The van der Waals surface area contributed by atoms with Gasteiger partial charge in [-0.1, -0.05) is 12.8 Å². The average molecular weight is 275 g/mol. The normalized spacial score (nSPS) is 15.8. The molecule has 0 aromatic carbocycles. The van der Waals surface area contributed by atoms with E-state index < -0.39 is 0 Å². The number of nitrogens with zero attached hydrogens (tertiary/aromatic N) is 2. The Morgan fingerprint density at radius 3 is 2.84 bits per heavy atom. The average Bonchev–Trinajstić information content (AvgIpc) is 3.07. The van der Waals surface area contributed by atoms with Gasteiger partial charge in [-0.15, -0.1) is 11.3 Å². The molecule has 4 nitrogen and oxygen atoms in total. The van der Waals surface area contributed by atoms with Gasteiger partial charge in [0.15, 0.2) is 0 Å². The molecule has 0 aliphatic heterocycles. The van der Waals surface area contributed by atoms with Crippen LogP contribution in [0.4, 0.5) is 5.82 Å². The Hall–Kier alpha value is -1.62. The maximum Gasteiger partial charge on any atom is 0.266 e. The first-order chi connectivity index (χ1) is 9.24. The third-order valence-electron chi connectivity index (χ3n) is 3.55. The number of nitrogens with one attached hydrogen (secondary N) is 1. The summed E-state index contributed by atoms with van der Waals surface area (Å²) in [6.07, 6.45) is 6.57. The van der Waals surface area contributed by atoms with Crippen molar-refractivity contribution >= 4 is 23.1 Å². The molecule has 1 saturated carbocycles. The van der Waals surface area contributed by atoms with Crippen LogP contribution in [0, 0.1) is 6.92 Å². The molecule has 2 aromatic heterocycles. The molecule has 1 N–H and O–H groups in total. The van der Waals surface area contributed by atoms with Gasteiger partial charge < -0.3 is 5.32 Å². The number of hydrogen-bond acceptors (Lipinski definition) is 3. The predicted molar refractivity (Wildman–Crippen MR) is 76.7 cm³/mol. The van der Waals surface area contributed by atoms with Crippen molar-refractivity contribution in [2.75, 3.05) is 5.32 Å². The van der Waals surface area contributed by atoms with E-state index in [-0.39, 0.29) is 5.91 Å². The fraction of sp³-hybridized carbons (Fsp3) is 0.429. The van der Waals surface area contributed by atoms with Crippen molar-refractivity contribution < 1.29 is 4.79 Å². The van der Waals surface area contributed by atoms with Crippen LogP contribution in [0.5, 0.6) is 0 Å². The first-order valence-corrected chi connectivity index (χ1v) is 7.47. The summed E-state index contributed by atoms with van der Waals surface area (Å²) >= 11 is 1.51. The summed E-state index contributed by atoms with van der Waals surface area (Å²) in [5, 5.41) is 7.32. The molecule has 0 spiro atoms. The smallest absolute Gasteiger partial charge is 0.266 e. The number of rotatable bonds is 3. The molecule has 2 heterocycles. The summed E-state index contributed by atoms with van der Waals surface area (Å²) in [5.41, 5.74) is 0. The highest BCUT2D eigenvalue weighted by Crippen LogP contribution is 2.31. The van der Waals surface area contributed by atoms with E-state index in [1.807, 2.05) is 29.8 Å². The molecular weight excluding hydrogens is 258 g/mol. The first-order valence-electron chi connectivity index (χ1n) is 6.65. The molecule has 2 aromatic rings. The molecule has 1 aliphatic carbocycles. The minimum Gasteiger partial charge on any atom is -0.306 e. The third kappa shape index (κ3) is 2.56. The largest absolute Gasteiger partial charge is 0.306 e. The van der Waals surface area contributed by atoms with Crippen LogP contribution in [-0.2, 0) is 0 Å². The monoisotopic (exact) mass is 275 g/mol. The van der Waals surface area contributed by atoms with Gasteiger partial charge in [0.2, 0.25) is 0 Å². The zero-order valence-electron chi connectivity index (χ0n) is 10.9. The van der Waals surface area contributed by atoms with E-state index in [1.54, 1.807) is 6.20 Å². The second-order valence-electron chi connectivity index (χ2n) is 4.96. The molecule has 100 valence electrons. The van der Waals surface area contributed by atoms with Crippen molar-refractivity contribution in [3.05, 3.63) is 34.2 Å². The molecule has 1 fully saturated rings. The number of thiophene rings is 1. The van der Waals surface area contributed by atoms with Gasteiger partial charge in [0.1, 0.15) is 5.82 Å². The van der Waals surface area contributed by atoms with Crippen molar-refractivity contribution in [1.29, 1.82) is 0 Å². The quantitative estimate of drug-likeness (QED) is 0.930. The molecular formula is C14H17N3OS. The number of hydrogen-bond donors (Lipinski definition) is 1. The van der Waals surface area contributed by atoms with Crippen LogP contribution in [0.25, 0.3) is 0 Å². The van der Waals surface area contributed by atoms with Gasteiger partial charge in [-0.05, 0) is 31.9 Å². The second kappa shape index (κ2) is 5.17. The van der Waals surface area contributed by atoms with Gasteiger partial charge >= 0.3 is 0 Å². The van der Waals surface area contributed by atoms with Crippen LogP contribution in [0.2, 0.25) is 0 Å². The summed E-state index contributed by atoms with van der Waals surface area (Å²) in [7, 11) is 0. The minimum atomic E-state index is -0.0437. The lowest BCUT2D eigenvalue weighted by atomic mass is 10.2. The first kappa shape index (κ1) is 12.4. The number of carbonyl (C=O) groups is 1. The fourth-order valence-electron chi connectivity index (χ4n) is 2.59. The van der Waals surface area contributed by atoms with Crippen LogP contribution in [-0.4, -0.2) is 15.7 Å². The van der Waals surface area contributed by atoms with Crippen molar-refractivity contribution in [3.8, 4) is 0 Å². The molecule has 0 bridgehead atoms. The van der Waals surface area contributed by atoms with Crippen molar-refractivity contribution in [2.45, 2.75) is 38.6 Å². The Morgan fingerprint density at radius 2 is 2.16 bits per heavy atom. The highest BCUT2D eigenvalue weighted by Gasteiger charge is 2.20. The number of amides is 1. The SMILES string of the molecule is Cc1ccc(C(=O)Nc2ccnn2C2CCCC2)s1. The molecule has 0 saturated heterocycles. The lowest BCUT2D eigenvalue weighted by Gasteiger charge is -2.14. The highest BCUT2D eigenvalue weighted by molar-refractivity contribution is 7.14. The molecule has 3 rings (SSSR count). The van der Waals surface area contributed by atoms with E-state index in [1.165, 1.54) is 24.2 Å². The van der Waals surface area contributed by atoms with Crippen molar-refractivity contribution in [3.63, 3.8) is 0 Å². The van der Waals surface area contributed by atoms with Crippen LogP contribution < -0.4 is 5.32 Å². The maximum absolute atomic E-state index is 12.2. The van der Waals surface area contributed by atoms with E-state index >= 15 is 0 Å². The lowest BCUT2D eigenvalue weighted by Crippen LogP contribution is -2.16. The molecule has 1 aliphatic rings. The summed E-state index contributed by atoms with van der Waals surface area (Å²) in [4.78, 5) is 14.0. The van der Waals surface area contributed by atoms with E-state index in [0.29, 0.717) is 6.04 Å². The Balaban J connectivity index is 1.76. The standard InChI is InChI=1S/C14H17N3OS/c1-10-6-7-12(19-10)14(18)16-13-8-9-15-17(13)11-4-2-3-5-11/h6-9,11H,2-5H2,1H3,(H,16,18). The Labute approximate surface area is 116 Å². The van der Waals surface area contributed by atoms with Gasteiger partial charge in [0.25, 0.3) is 5.91 Å². The molecule has 0 atom stereocenters. The van der Waals surface area contributed by atoms with Crippen LogP contribution in [0.1, 0.15) is 46.3 Å². The molecule has 19 heavy (non-hydrogen) atoms. The topological polar surface area (TPSA) is 46.9 Å². The van der Waals surface area contributed by atoms with Crippen LogP contribution in [0.3, 0.4) is 0 Å². The Kier molecular flexibility index (Phi) is 3.38. The highest BCUT2D eigenvalue weighted by atomic mass is 32.1. The zero-order valence-corrected chi connectivity index (χ0v) is 11.7. The minimum absolute atomic E-state index is 0.0437. The maximum atomic E-state index is 12.2. The number of aromatic nitrogens is 2. The van der Waals surface area contributed by atoms with Gasteiger partial charge in [-0.2, -0.15) is 5.10 Å². The molecule has 5 heteroatoms. The number of anilines is 1. The van der Waals surface area contributed by atoms with Crippen LogP contribution in [0.15, 0.2) is 24.4 Å². The van der Waals surface area contributed by atoms with Crippen LogP contribution >= 0.6 is 11.3 Å². The summed E-state index contributed by atoms with van der Waals surface area (Å²) in [6, 6.07) is 6.14. The van der Waals surface area contributed by atoms with Crippen molar-refractivity contribution in [1.82, 2.24) is 9.78 Å².